The first-order valence-corrected chi connectivity index (χ1v) is 7.11. The van der Waals surface area contributed by atoms with Gasteiger partial charge >= 0.3 is 5.91 Å². The highest BCUT2D eigenvalue weighted by Crippen LogP contribution is 2.21. The van der Waals surface area contributed by atoms with E-state index in [0.717, 1.165) is 32.5 Å². The van der Waals surface area contributed by atoms with E-state index in [-0.39, 0.29) is 5.91 Å². The van der Waals surface area contributed by atoms with Gasteiger partial charge in [-0.2, -0.15) is 0 Å². The Morgan fingerprint density at radius 1 is 1.21 bits per heavy atom. The number of hydrogen-bond donors (Lipinski definition) is 0. The zero-order valence-electron chi connectivity index (χ0n) is 12.3. The minimum Gasteiger partial charge on any atom is -0.299 e. The first-order chi connectivity index (χ1) is 9.00. The fraction of sp³-hybridized carbons (Fsp3) is 0.562. The van der Waals surface area contributed by atoms with Crippen LogP contribution in [0, 0.1) is 0 Å². The monoisotopic (exact) mass is 261 g/mol. The van der Waals surface area contributed by atoms with Crippen LogP contribution in [0.5, 0.6) is 0 Å². The predicted molar refractivity (Wildman–Crippen MR) is 77.5 cm³/mol. The van der Waals surface area contributed by atoms with E-state index in [1.54, 1.807) is 6.92 Å². The number of hydrogen-bond acceptors (Lipinski definition) is 2. The molecule has 1 aromatic carbocycles. The van der Waals surface area contributed by atoms with Gasteiger partial charge < -0.3 is 0 Å². The number of quaternary nitrogens is 1. The Balaban J connectivity index is 1.88. The van der Waals surface area contributed by atoms with Gasteiger partial charge in [0.2, 0.25) is 0 Å². The minimum atomic E-state index is 0.265. The maximum absolute atomic E-state index is 11.7. The van der Waals surface area contributed by atoms with Crippen LogP contribution in [0.3, 0.4) is 0 Å². The van der Waals surface area contributed by atoms with Crippen LogP contribution in [0.15, 0.2) is 30.3 Å². The number of amides is 1. The van der Waals surface area contributed by atoms with Crippen molar-refractivity contribution in [3.8, 4) is 0 Å². The fourth-order valence-electron chi connectivity index (χ4n) is 2.82. The Kier molecular flexibility index (Phi) is 4.38. The quantitative estimate of drug-likeness (QED) is 0.778. The van der Waals surface area contributed by atoms with Gasteiger partial charge in [0, 0.05) is 32.5 Å². The highest BCUT2D eigenvalue weighted by Gasteiger charge is 2.35. The third kappa shape index (κ3) is 3.43. The topological polar surface area (TPSA) is 20.3 Å². The average molecular weight is 261 g/mol. The molecule has 3 heteroatoms. The van der Waals surface area contributed by atoms with E-state index >= 15 is 0 Å². The second-order valence-electron chi connectivity index (χ2n) is 6.05. The molecule has 1 heterocycles. The van der Waals surface area contributed by atoms with Crippen LogP contribution in [-0.2, 0) is 11.3 Å². The van der Waals surface area contributed by atoms with Gasteiger partial charge in [-0.25, -0.2) is 4.79 Å². The van der Waals surface area contributed by atoms with Gasteiger partial charge in [-0.1, -0.05) is 30.3 Å². The summed E-state index contributed by atoms with van der Waals surface area (Å²) >= 11 is 0. The normalized spacial score (nSPS) is 18.5. The van der Waals surface area contributed by atoms with Crippen LogP contribution >= 0.6 is 0 Å². The van der Waals surface area contributed by atoms with Crippen LogP contribution < -0.4 is 0 Å². The molecule has 1 amide bonds. The molecular formula is C16H25N2O+. The third-order valence-corrected chi connectivity index (χ3v) is 4.53. The molecule has 19 heavy (non-hydrogen) atoms. The van der Waals surface area contributed by atoms with Crippen molar-refractivity contribution in [1.82, 2.24) is 4.90 Å². The highest BCUT2D eigenvalue weighted by atomic mass is 16.2. The van der Waals surface area contributed by atoms with E-state index < -0.39 is 0 Å². The second-order valence-corrected chi connectivity index (χ2v) is 6.05. The summed E-state index contributed by atoms with van der Waals surface area (Å²) in [6, 6.07) is 11.1. The van der Waals surface area contributed by atoms with Crippen LogP contribution in [0.4, 0.5) is 0 Å². The molecule has 104 valence electrons. The standard InChI is InChI=1S/C16H25N2O/c1-14(19)18(2,3)16-9-11-17(12-10-16)13-15-7-5-4-6-8-15/h4-8,16H,9-13H2,1-3H3/q+1. The van der Waals surface area contributed by atoms with E-state index in [1.807, 2.05) is 14.1 Å². The molecule has 0 atom stereocenters. The fourth-order valence-corrected chi connectivity index (χ4v) is 2.82. The average Bonchev–Trinajstić information content (AvgIpc) is 2.40. The molecule has 0 radical (unpaired) electrons. The smallest absolute Gasteiger partial charge is 0.299 e. The molecule has 0 aliphatic carbocycles. The van der Waals surface area contributed by atoms with Gasteiger partial charge in [0.1, 0.15) is 0 Å². The molecule has 1 aromatic rings. The summed E-state index contributed by atoms with van der Waals surface area (Å²) in [5, 5.41) is 0. The predicted octanol–water partition coefficient (Wildman–Crippen LogP) is 2.27. The van der Waals surface area contributed by atoms with Gasteiger partial charge in [-0.3, -0.25) is 9.38 Å². The lowest BCUT2D eigenvalue weighted by Crippen LogP contribution is -2.56. The zero-order chi connectivity index (χ0) is 13.9. The molecule has 1 fully saturated rings. The number of benzene rings is 1. The van der Waals surface area contributed by atoms with Crippen molar-refractivity contribution >= 4 is 5.91 Å². The molecule has 0 spiro atoms. The molecule has 1 saturated heterocycles. The Bertz CT molecular complexity index is 420. The molecule has 1 aliphatic rings. The number of likely N-dealkylation sites (tertiary alicyclic amines) is 1. The number of carbonyl (C=O) groups excluding carboxylic acids is 1. The minimum absolute atomic E-state index is 0.265. The highest BCUT2D eigenvalue weighted by molar-refractivity contribution is 5.65. The molecule has 3 nitrogen and oxygen atoms in total. The first kappa shape index (κ1) is 14.2. The molecule has 0 aromatic heterocycles. The van der Waals surface area contributed by atoms with Crippen LogP contribution in [0.1, 0.15) is 25.3 Å². The molecule has 0 bridgehead atoms. The van der Waals surface area contributed by atoms with E-state index in [0.29, 0.717) is 10.5 Å². The lowest BCUT2D eigenvalue weighted by Gasteiger charge is -2.40. The first-order valence-electron chi connectivity index (χ1n) is 7.11. The van der Waals surface area contributed by atoms with Gasteiger partial charge in [0.05, 0.1) is 27.1 Å². The molecule has 0 saturated carbocycles. The van der Waals surface area contributed by atoms with E-state index in [9.17, 15) is 4.79 Å². The van der Waals surface area contributed by atoms with E-state index in [2.05, 4.69) is 35.2 Å². The Labute approximate surface area is 116 Å². The third-order valence-electron chi connectivity index (χ3n) is 4.53. The Hall–Kier alpha value is -1.19. The van der Waals surface area contributed by atoms with Gasteiger partial charge in [-0.05, 0) is 5.56 Å². The Morgan fingerprint density at radius 2 is 1.79 bits per heavy atom. The van der Waals surface area contributed by atoms with Crippen molar-refractivity contribution in [2.75, 3.05) is 27.2 Å². The summed E-state index contributed by atoms with van der Waals surface area (Å²) in [7, 11) is 4.08. The molecule has 1 aliphatic heterocycles. The summed E-state index contributed by atoms with van der Waals surface area (Å²) < 4.78 is 0.527. The van der Waals surface area contributed by atoms with E-state index in [1.165, 1.54) is 5.56 Å². The zero-order valence-corrected chi connectivity index (χ0v) is 12.3. The number of piperidine rings is 1. The van der Waals surface area contributed by atoms with Crippen LogP contribution in [0.2, 0.25) is 0 Å². The summed E-state index contributed by atoms with van der Waals surface area (Å²) in [5.74, 6) is 0.265. The summed E-state index contributed by atoms with van der Waals surface area (Å²) in [4.78, 5) is 14.2. The van der Waals surface area contributed by atoms with Gasteiger partial charge in [0.25, 0.3) is 0 Å². The summed E-state index contributed by atoms with van der Waals surface area (Å²) in [6.07, 6.45) is 2.22. The molecule has 0 unspecified atom stereocenters. The molecule has 2 rings (SSSR count). The molecular weight excluding hydrogens is 236 g/mol. The summed E-state index contributed by atoms with van der Waals surface area (Å²) in [6.45, 7) is 4.92. The maximum Gasteiger partial charge on any atom is 0.310 e. The van der Waals surface area contributed by atoms with Gasteiger partial charge in [-0.15, -0.1) is 0 Å². The van der Waals surface area contributed by atoms with Crippen LogP contribution in [-0.4, -0.2) is 48.5 Å². The van der Waals surface area contributed by atoms with Crippen molar-refractivity contribution in [2.24, 2.45) is 0 Å². The van der Waals surface area contributed by atoms with E-state index in [4.69, 9.17) is 0 Å². The van der Waals surface area contributed by atoms with Crippen molar-refractivity contribution in [3.05, 3.63) is 35.9 Å². The number of rotatable bonds is 3. The lowest BCUT2D eigenvalue weighted by atomic mass is 10.0. The Morgan fingerprint density at radius 3 is 2.32 bits per heavy atom. The SMILES string of the molecule is CC(=O)[N+](C)(C)C1CCN(Cc2ccccc2)CC1. The molecule has 0 N–H and O–H groups in total. The number of carbonyl (C=O) groups is 1. The second kappa shape index (κ2) is 5.85. The lowest BCUT2D eigenvalue weighted by molar-refractivity contribution is -0.841. The van der Waals surface area contributed by atoms with Gasteiger partial charge in [0.15, 0.2) is 0 Å². The maximum atomic E-state index is 11.7. The van der Waals surface area contributed by atoms with Crippen LogP contribution in [0.25, 0.3) is 0 Å². The van der Waals surface area contributed by atoms with Crippen molar-refractivity contribution in [1.29, 1.82) is 0 Å². The number of nitrogens with zero attached hydrogens (tertiary/aromatic N) is 2. The summed E-state index contributed by atoms with van der Waals surface area (Å²) in [5.41, 5.74) is 1.38. The van der Waals surface area contributed by atoms with Crippen molar-refractivity contribution in [2.45, 2.75) is 32.4 Å². The van der Waals surface area contributed by atoms with Crippen molar-refractivity contribution in [3.63, 3.8) is 0 Å². The van der Waals surface area contributed by atoms with Crippen molar-refractivity contribution < 1.29 is 9.28 Å². The largest absolute Gasteiger partial charge is 0.310 e.